The first kappa shape index (κ1) is 14.5. The number of nitrogens with one attached hydrogen (secondary N) is 1. The van der Waals surface area contributed by atoms with Gasteiger partial charge in [0.05, 0.1) is 11.7 Å². The number of fused-ring (bicyclic) bond motifs is 1. The molecule has 3 aromatic rings. The maximum atomic E-state index is 12.2. The number of carbonyl (C=O) groups is 1. The summed E-state index contributed by atoms with van der Waals surface area (Å²) < 4.78 is 1.48. The van der Waals surface area contributed by atoms with E-state index in [2.05, 4.69) is 10.3 Å². The average Bonchev–Trinajstić information content (AvgIpc) is 3.03. The average molecular weight is 313 g/mol. The molecule has 0 saturated carbocycles. The molecule has 0 fully saturated rings. The first-order chi connectivity index (χ1) is 10.7. The molecular formula is C16H15N3O2S. The van der Waals surface area contributed by atoms with Crippen molar-refractivity contribution in [3.05, 3.63) is 64.0 Å². The van der Waals surface area contributed by atoms with E-state index in [1.165, 1.54) is 22.2 Å². The minimum atomic E-state index is -0.0953. The second kappa shape index (κ2) is 6.53. The molecule has 1 aromatic carbocycles. The Balaban J connectivity index is 1.58. The predicted octanol–water partition coefficient (Wildman–Crippen LogP) is 2.16. The van der Waals surface area contributed by atoms with Crippen LogP contribution in [0.1, 0.15) is 12.0 Å². The SMILES string of the molecule is O=C(CCn1cnc2sccc2c1=O)NCc1ccccc1. The number of benzene rings is 1. The minimum Gasteiger partial charge on any atom is -0.352 e. The zero-order valence-corrected chi connectivity index (χ0v) is 12.7. The fourth-order valence-electron chi connectivity index (χ4n) is 2.16. The van der Waals surface area contributed by atoms with Crippen molar-refractivity contribution < 1.29 is 4.79 Å². The Kier molecular flexibility index (Phi) is 4.29. The summed E-state index contributed by atoms with van der Waals surface area (Å²) in [6.45, 7) is 0.828. The largest absolute Gasteiger partial charge is 0.352 e. The third-order valence-electron chi connectivity index (χ3n) is 3.36. The second-order valence-electron chi connectivity index (χ2n) is 4.89. The van der Waals surface area contributed by atoms with Crippen LogP contribution < -0.4 is 10.9 Å². The second-order valence-corrected chi connectivity index (χ2v) is 5.79. The smallest absolute Gasteiger partial charge is 0.262 e. The fourth-order valence-corrected chi connectivity index (χ4v) is 2.88. The van der Waals surface area contributed by atoms with Crippen molar-refractivity contribution in [2.24, 2.45) is 0 Å². The van der Waals surface area contributed by atoms with Crippen LogP contribution in [-0.2, 0) is 17.9 Å². The first-order valence-electron chi connectivity index (χ1n) is 6.97. The van der Waals surface area contributed by atoms with Gasteiger partial charge in [0.25, 0.3) is 5.56 Å². The van der Waals surface area contributed by atoms with E-state index in [0.717, 1.165) is 10.4 Å². The molecule has 5 nitrogen and oxygen atoms in total. The van der Waals surface area contributed by atoms with Crippen LogP contribution in [0.4, 0.5) is 0 Å². The Morgan fingerprint density at radius 3 is 2.86 bits per heavy atom. The van der Waals surface area contributed by atoms with Gasteiger partial charge in [0.1, 0.15) is 4.83 Å². The summed E-state index contributed by atoms with van der Waals surface area (Å²) in [5.74, 6) is -0.0823. The molecule has 0 saturated heterocycles. The number of nitrogens with zero attached hydrogens (tertiary/aromatic N) is 2. The van der Waals surface area contributed by atoms with Gasteiger partial charge in [0.15, 0.2) is 0 Å². The summed E-state index contributed by atoms with van der Waals surface area (Å²) in [5.41, 5.74) is 0.955. The lowest BCUT2D eigenvalue weighted by Crippen LogP contribution is -2.27. The van der Waals surface area contributed by atoms with E-state index in [1.807, 2.05) is 35.7 Å². The fraction of sp³-hybridized carbons (Fsp3) is 0.188. The van der Waals surface area contributed by atoms with Gasteiger partial charge in [-0.15, -0.1) is 11.3 Å². The Morgan fingerprint density at radius 1 is 1.23 bits per heavy atom. The molecule has 0 aliphatic rings. The van der Waals surface area contributed by atoms with Crippen molar-refractivity contribution in [2.45, 2.75) is 19.5 Å². The van der Waals surface area contributed by atoms with E-state index in [4.69, 9.17) is 0 Å². The van der Waals surface area contributed by atoms with E-state index in [9.17, 15) is 9.59 Å². The third-order valence-corrected chi connectivity index (χ3v) is 4.18. The molecule has 0 aliphatic carbocycles. The number of hydrogen-bond donors (Lipinski definition) is 1. The molecule has 0 spiro atoms. The van der Waals surface area contributed by atoms with Crippen LogP contribution in [0.25, 0.3) is 10.2 Å². The molecule has 22 heavy (non-hydrogen) atoms. The summed E-state index contributed by atoms with van der Waals surface area (Å²) in [6, 6.07) is 11.5. The van der Waals surface area contributed by atoms with Crippen LogP contribution in [0.2, 0.25) is 0 Å². The zero-order valence-electron chi connectivity index (χ0n) is 11.9. The van der Waals surface area contributed by atoms with Gasteiger partial charge < -0.3 is 5.32 Å². The van der Waals surface area contributed by atoms with Gasteiger partial charge >= 0.3 is 0 Å². The van der Waals surface area contributed by atoms with Crippen molar-refractivity contribution in [1.29, 1.82) is 0 Å². The molecule has 6 heteroatoms. The normalized spacial score (nSPS) is 10.7. The molecule has 3 rings (SSSR count). The Bertz CT molecular complexity index is 839. The summed E-state index contributed by atoms with van der Waals surface area (Å²) in [5, 5.41) is 5.30. The molecule has 0 aliphatic heterocycles. The highest BCUT2D eigenvalue weighted by Crippen LogP contribution is 2.13. The Hall–Kier alpha value is -2.47. The predicted molar refractivity (Wildman–Crippen MR) is 86.8 cm³/mol. The van der Waals surface area contributed by atoms with Crippen molar-refractivity contribution in [1.82, 2.24) is 14.9 Å². The zero-order chi connectivity index (χ0) is 15.4. The van der Waals surface area contributed by atoms with Gasteiger partial charge in [-0.2, -0.15) is 0 Å². The first-order valence-corrected chi connectivity index (χ1v) is 7.85. The standard InChI is InChI=1S/C16H15N3O2S/c20-14(17-10-12-4-2-1-3-5-12)6-8-19-11-18-15-13(16(19)21)7-9-22-15/h1-5,7,9,11H,6,8,10H2,(H,17,20). The highest BCUT2D eigenvalue weighted by atomic mass is 32.1. The molecule has 0 atom stereocenters. The van der Waals surface area contributed by atoms with Gasteiger partial charge in [0.2, 0.25) is 5.91 Å². The third kappa shape index (κ3) is 3.23. The van der Waals surface area contributed by atoms with E-state index in [1.54, 1.807) is 6.07 Å². The number of hydrogen-bond acceptors (Lipinski definition) is 4. The monoisotopic (exact) mass is 313 g/mol. The van der Waals surface area contributed by atoms with Crippen LogP contribution in [0, 0.1) is 0 Å². The number of rotatable bonds is 5. The molecule has 0 unspecified atom stereocenters. The quantitative estimate of drug-likeness (QED) is 0.785. The highest BCUT2D eigenvalue weighted by Gasteiger charge is 2.07. The molecule has 0 bridgehead atoms. The summed E-state index contributed by atoms with van der Waals surface area (Å²) in [4.78, 5) is 29.0. The molecule has 112 valence electrons. The minimum absolute atomic E-state index is 0.0823. The lowest BCUT2D eigenvalue weighted by molar-refractivity contribution is -0.121. The number of aryl methyl sites for hydroxylation is 1. The molecular weight excluding hydrogens is 298 g/mol. The maximum absolute atomic E-state index is 12.2. The van der Waals surface area contributed by atoms with Crippen molar-refractivity contribution in [3.63, 3.8) is 0 Å². The molecule has 2 aromatic heterocycles. The summed E-state index contributed by atoms with van der Waals surface area (Å²) in [6.07, 6.45) is 1.76. The Morgan fingerprint density at radius 2 is 2.05 bits per heavy atom. The lowest BCUT2D eigenvalue weighted by Gasteiger charge is -2.07. The molecule has 2 heterocycles. The van der Waals surface area contributed by atoms with Crippen molar-refractivity contribution in [3.8, 4) is 0 Å². The highest BCUT2D eigenvalue weighted by molar-refractivity contribution is 7.16. The van der Waals surface area contributed by atoms with Gasteiger partial charge in [0, 0.05) is 19.5 Å². The van der Waals surface area contributed by atoms with E-state index >= 15 is 0 Å². The van der Waals surface area contributed by atoms with E-state index < -0.39 is 0 Å². The molecule has 0 radical (unpaired) electrons. The Labute approximate surface area is 131 Å². The number of aromatic nitrogens is 2. The van der Waals surface area contributed by atoms with Crippen LogP contribution in [0.15, 0.2) is 52.9 Å². The van der Waals surface area contributed by atoms with Crippen molar-refractivity contribution in [2.75, 3.05) is 0 Å². The van der Waals surface area contributed by atoms with Crippen LogP contribution >= 0.6 is 11.3 Å². The van der Waals surface area contributed by atoms with E-state index in [-0.39, 0.29) is 17.9 Å². The number of carbonyl (C=O) groups excluding carboxylic acids is 1. The van der Waals surface area contributed by atoms with Crippen LogP contribution in [-0.4, -0.2) is 15.5 Å². The van der Waals surface area contributed by atoms with E-state index in [0.29, 0.717) is 18.5 Å². The van der Waals surface area contributed by atoms with Crippen LogP contribution in [0.5, 0.6) is 0 Å². The van der Waals surface area contributed by atoms with Gasteiger partial charge in [-0.3, -0.25) is 14.2 Å². The molecule has 1 amide bonds. The number of thiophene rings is 1. The van der Waals surface area contributed by atoms with Gasteiger partial charge in [-0.25, -0.2) is 4.98 Å². The summed E-state index contributed by atoms with van der Waals surface area (Å²) in [7, 11) is 0. The lowest BCUT2D eigenvalue weighted by atomic mass is 10.2. The molecule has 1 N–H and O–H groups in total. The number of amides is 1. The van der Waals surface area contributed by atoms with Crippen molar-refractivity contribution >= 4 is 27.5 Å². The summed E-state index contributed by atoms with van der Waals surface area (Å²) >= 11 is 1.44. The van der Waals surface area contributed by atoms with Gasteiger partial charge in [-0.1, -0.05) is 30.3 Å². The maximum Gasteiger partial charge on any atom is 0.262 e. The van der Waals surface area contributed by atoms with Gasteiger partial charge in [-0.05, 0) is 17.0 Å². The van der Waals surface area contributed by atoms with Crippen LogP contribution in [0.3, 0.4) is 0 Å². The topological polar surface area (TPSA) is 64.0 Å².